The molecule has 1 nitrogen and oxygen atoms in total. The van der Waals surface area contributed by atoms with Crippen LogP contribution in [0.3, 0.4) is 0 Å². The number of aromatic nitrogens is 1. The minimum absolute atomic E-state index is 1.30. The molecule has 0 spiro atoms. The zero-order valence-electron chi connectivity index (χ0n) is 7.33. The molecule has 0 fully saturated rings. The van der Waals surface area contributed by atoms with Gasteiger partial charge < -0.3 is 4.98 Å². The van der Waals surface area contributed by atoms with Gasteiger partial charge in [-0.2, -0.15) is 0 Å². The van der Waals surface area contributed by atoms with Crippen molar-refractivity contribution >= 4 is 0 Å². The topological polar surface area (TPSA) is 15.8 Å². The summed E-state index contributed by atoms with van der Waals surface area (Å²) >= 11 is 0. The highest BCUT2D eigenvalue weighted by Gasteiger charge is 2.15. The van der Waals surface area contributed by atoms with Gasteiger partial charge in [0.2, 0.25) is 0 Å². The zero-order valence-corrected chi connectivity index (χ0v) is 7.33. The summed E-state index contributed by atoms with van der Waals surface area (Å²) in [5.41, 5.74) is 6.01. The van der Waals surface area contributed by atoms with Crippen LogP contribution in [0.15, 0.2) is 0 Å². The van der Waals surface area contributed by atoms with Crippen LogP contribution in [-0.2, 0) is 12.8 Å². The van der Waals surface area contributed by atoms with Gasteiger partial charge in [0.25, 0.3) is 0 Å². The van der Waals surface area contributed by atoms with Crippen molar-refractivity contribution < 1.29 is 0 Å². The summed E-state index contributed by atoms with van der Waals surface area (Å²) in [7, 11) is 0. The summed E-state index contributed by atoms with van der Waals surface area (Å²) in [6.45, 7) is 4.38. The van der Waals surface area contributed by atoms with Gasteiger partial charge in [0.1, 0.15) is 0 Å². The summed E-state index contributed by atoms with van der Waals surface area (Å²) in [5.74, 6) is 0. The molecule has 0 amide bonds. The molecule has 0 atom stereocenters. The van der Waals surface area contributed by atoms with Crippen LogP contribution < -0.4 is 0 Å². The van der Waals surface area contributed by atoms with Crippen LogP contribution in [0.25, 0.3) is 0 Å². The van der Waals surface area contributed by atoms with Crippen LogP contribution in [-0.4, -0.2) is 4.98 Å². The maximum Gasteiger partial charge on any atom is 0.0153 e. The second-order valence-corrected chi connectivity index (χ2v) is 3.54. The summed E-state index contributed by atoms with van der Waals surface area (Å²) in [5, 5.41) is 0. The van der Waals surface area contributed by atoms with E-state index in [1.54, 1.807) is 11.1 Å². The van der Waals surface area contributed by atoms with Gasteiger partial charge in [-0.3, -0.25) is 0 Å². The second kappa shape index (κ2) is 2.40. The fraction of sp³-hybridized carbons (Fsp3) is 0.600. The third-order valence-electron chi connectivity index (χ3n) is 2.75. The molecule has 0 unspecified atom stereocenters. The van der Waals surface area contributed by atoms with Crippen molar-refractivity contribution in [3.63, 3.8) is 0 Å². The minimum Gasteiger partial charge on any atom is -0.362 e. The number of aromatic amines is 1. The normalized spacial score (nSPS) is 16.5. The van der Waals surface area contributed by atoms with E-state index >= 15 is 0 Å². The van der Waals surface area contributed by atoms with E-state index in [0.29, 0.717) is 0 Å². The Morgan fingerprint density at radius 2 is 1.36 bits per heavy atom. The predicted octanol–water partition coefficient (Wildman–Crippen LogP) is 2.51. The summed E-state index contributed by atoms with van der Waals surface area (Å²) < 4.78 is 0. The summed E-state index contributed by atoms with van der Waals surface area (Å²) in [6.07, 6.45) is 5.35. The standard InChI is InChI=1S/C10H15N/c1-7-9-5-3-4-6-10(9)8(2)11-7/h11H,3-6H2,1-2H3. The Kier molecular flexibility index (Phi) is 1.52. The molecule has 1 aliphatic rings. The monoisotopic (exact) mass is 149 g/mol. The molecule has 11 heavy (non-hydrogen) atoms. The number of rotatable bonds is 0. The Labute approximate surface area is 67.8 Å². The number of H-pyrrole nitrogens is 1. The predicted molar refractivity (Wildman–Crippen MR) is 46.9 cm³/mol. The van der Waals surface area contributed by atoms with Crippen molar-refractivity contribution in [1.82, 2.24) is 4.98 Å². The van der Waals surface area contributed by atoms with E-state index in [-0.39, 0.29) is 0 Å². The Hall–Kier alpha value is -0.720. The molecule has 1 aromatic rings. The SMILES string of the molecule is Cc1[nH]c(C)c2c1CCCC2. The molecule has 0 radical (unpaired) electrons. The molecule has 2 rings (SSSR count). The third kappa shape index (κ3) is 0.991. The van der Waals surface area contributed by atoms with E-state index in [1.165, 1.54) is 37.1 Å². The van der Waals surface area contributed by atoms with Gasteiger partial charge in [0.15, 0.2) is 0 Å². The number of fused-ring (bicyclic) bond motifs is 1. The van der Waals surface area contributed by atoms with Crippen LogP contribution in [0.1, 0.15) is 35.4 Å². The highest BCUT2D eigenvalue weighted by molar-refractivity contribution is 5.37. The number of aryl methyl sites for hydroxylation is 2. The van der Waals surface area contributed by atoms with Gasteiger partial charge in [-0.05, 0) is 50.7 Å². The Bertz CT molecular complexity index is 244. The van der Waals surface area contributed by atoms with Crippen LogP contribution in [0.4, 0.5) is 0 Å². The molecular formula is C10H15N. The third-order valence-corrected chi connectivity index (χ3v) is 2.75. The van der Waals surface area contributed by atoms with E-state index in [9.17, 15) is 0 Å². The van der Waals surface area contributed by atoms with E-state index in [4.69, 9.17) is 0 Å². The average molecular weight is 149 g/mol. The fourth-order valence-corrected chi connectivity index (χ4v) is 2.17. The van der Waals surface area contributed by atoms with Crippen molar-refractivity contribution in [2.45, 2.75) is 39.5 Å². The zero-order chi connectivity index (χ0) is 7.84. The van der Waals surface area contributed by atoms with Crippen LogP contribution in [0.2, 0.25) is 0 Å². The molecule has 1 aliphatic carbocycles. The molecule has 0 saturated carbocycles. The first kappa shape index (κ1) is 6.96. The molecule has 0 aliphatic heterocycles. The molecule has 1 heterocycles. The van der Waals surface area contributed by atoms with E-state index in [2.05, 4.69) is 18.8 Å². The van der Waals surface area contributed by atoms with Gasteiger partial charge >= 0.3 is 0 Å². The summed E-state index contributed by atoms with van der Waals surface area (Å²) in [6, 6.07) is 0. The van der Waals surface area contributed by atoms with Crippen molar-refractivity contribution in [3.8, 4) is 0 Å². The Morgan fingerprint density at radius 1 is 0.909 bits per heavy atom. The maximum atomic E-state index is 3.42. The van der Waals surface area contributed by atoms with E-state index in [0.717, 1.165) is 0 Å². The molecule has 1 heteroatoms. The van der Waals surface area contributed by atoms with Gasteiger partial charge in [-0.15, -0.1) is 0 Å². The largest absolute Gasteiger partial charge is 0.362 e. The van der Waals surface area contributed by atoms with Crippen molar-refractivity contribution in [1.29, 1.82) is 0 Å². The molecule has 0 aromatic carbocycles. The van der Waals surface area contributed by atoms with Crippen molar-refractivity contribution in [3.05, 3.63) is 22.5 Å². The van der Waals surface area contributed by atoms with Gasteiger partial charge in [0, 0.05) is 11.4 Å². The molecule has 60 valence electrons. The lowest BCUT2D eigenvalue weighted by Crippen LogP contribution is -2.00. The van der Waals surface area contributed by atoms with Gasteiger partial charge in [-0.1, -0.05) is 0 Å². The molecular weight excluding hydrogens is 134 g/mol. The quantitative estimate of drug-likeness (QED) is 0.583. The van der Waals surface area contributed by atoms with Crippen LogP contribution in [0, 0.1) is 13.8 Å². The Morgan fingerprint density at radius 3 is 1.82 bits per heavy atom. The number of hydrogen-bond acceptors (Lipinski definition) is 0. The van der Waals surface area contributed by atoms with Crippen LogP contribution >= 0.6 is 0 Å². The molecule has 0 saturated heterocycles. The minimum atomic E-state index is 1.30. The van der Waals surface area contributed by atoms with Crippen LogP contribution in [0.5, 0.6) is 0 Å². The lowest BCUT2D eigenvalue weighted by Gasteiger charge is -2.11. The van der Waals surface area contributed by atoms with Gasteiger partial charge in [-0.25, -0.2) is 0 Å². The van der Waals surface area contributed by atoms with E-state index in [1.807, 2.05) is 0 Å². The first-order valence-corrected chi connectivity index (χ1v) is 4.46. The average Bonchev–Trinajstić information content (AvgIpc) is 2.30. The maximum absolute atomic E-state index is 3.42. The highest BCUT2D eigenvalue weighted by Crippen LogP contribution is 2.26. The second-order valence-electron chi connectivity index (χ2n) is 3.54. The lowest BCUT2D eigenvalue weighted by atomic mass is 9.92. The Balaban J connectivity index is 2.52. The first-order chi connectivity index (χ1) is 5.29. The van der Waals surface area contributed by atoms with E-state index < -0.39 is 0 Å². The molecule has 0 bridgehead atoms. The van der Waals surface area contributed by atoms with Crippen molar-refractivity contribution in [2.24, 2.45) is 0 Å². The highest BCUT2D eigenvalue weighted by atomic mass is 14.7. The number of nitrogens with one attached hydrogen (secondary N) is 1. The fourth-order valence-electron chi connectivity index (χ4n) is 2.17. The first-order valence-electron chi connectivity index (χ1n) is 4.46. The van der Waals surface area contributed by atoms with Gasteiger partial charge in [0.05, 0.1) is 0 Å². The lowest BCUT2D eigenvalue weighted by molar-refractivity contribution is 0.685. The number of hydrogen-bond donors (Lipinski definition) is 1. The molecule has 1 N–H and O–H groups in total. The molecule has 1 aromatic heterocycles. The summed E-state index contributed by atoms with van der Waals surface area (Å²) in [4.78, 5) is 3.42. The smallest absolute Gasteiger partial charge is 0.0153 e. The van der Waals surface area contributed by atoms with Crippen molar-refractivity contribution in [2.75, 3.05) is 0 Å².